The van der Waals surface area contributed by atoms with E-state index in [2.05, 4.69) is 32.5 Å². The third kappa shape index (κ3) is 5.61. The maximum Gasteiger partial charge on any atom is 0.00750 e. The molecule has 0 spiro atoms. The quantitative estimate of drug-likeness (QED) is 0.647. The molecule has 0 saturated heterocycles. The molecule has 0 bridgehead atoms. The van der Waals surface area contributed by atoms with E-state index in [9.17, 15) is 0 Å². The second-order valence-corrected chi connectivity index (χ2v) is 7.18. The van der Waals surface area contributed by atoms with Gasteiger partial charge in [0.15, 0.2) is 0 Å². The third-order valence-corrected chi connectivity index (χ3v) is 4.09. The van der Waals surface area contributed by atoms with Gasteiger partial charge in [0, 0.05) is 4.75 Å². The Morgan fingerprint density at radius 1 is 1.08 bits per heavy atom. The first-order valence-electron chi connectivity index (χ1n) is 5.72. The summed E-state index contributed by atoms with van der Waals surface area (Å²) in [5, 5.41) is 0. The number of hydrogen-bond acceptors (Lipinski definition) is 1. The summed E-state index contributed by atoms with van der Waals surface area (Å²) in [6.07, 6.45) is 8.94. The van der Waals surface area contributed by atoms with Crippen molar-refractivity contribution in [1.29, 1.82) is 0 Å². The SMILES string of the molecule is CC(C)(C)SCCC1CCCCC1. The van der Waals surface area contributed by atoms with Gasteiger partial charge >= 0.3 is 0 Å². The molecule has 1 rings (SSSR count). The number of rotatable bonds is 3. The Morgan fingerprint density at radius 3 is 2.23 bits per heavy atom. The van der Waals surface area contributed by atoms with Crippen LogP contribution in [0.15, 0.2) is 0 Å². The minimum absolute atomic E-state index is 0.467. The van der Waals surface area contributed by atoms with Crippen LogP contribution in [-0.2, 0) is 0 Å². The normalized spacial score (nSPS) is 20.5. The molecule has 1 saturated carbocycles. The van der Waals surface area contributed by atoms with E-state index < -0.39 is 0 Å². The molecule has 0 radical (unpaired) electrons. The minimum atomic E-state index is 0.467. The maximum absolute atomic E-state index is 2.32. The van der Waals surface area contributed by atoms with Gasteiger partial charge in [0.25, 0.3) is 0 Å². The summed E-state index contributed by atoms with van der Waals surface area (Å²) in [4.78, 5) is 0. The van der Waals surface area contributed by atoms with Gasteiger partial charge in [-0.1, -0.05) is 52.9 Å². The van der Waals surface area contributed by atoms with E-state index in [0.29, 0.717) is 4.75 Å². The number of thioether (sulfide) groups is 1. The molecule has 0 aliphatic heterocycles. The van der Waals surface area contributed by atoms with Crippen molar-refractivity contribution in [2.45, 2.75) is 64.0 Å². The lowest BCUT2D eigenvalue weighted by Gasteiger charge is -2.23. The smallest absolute Gasteiger partial charge is 0.00750 e. The van der Waals surface area contributed by atoms with Gasteiger partial charge < -0.3 is 0 Å². The van der Waals surface area contributed by atoms with E-state index in [1.165, 1.54) is 44.3 Å². The molecule has 0 heterocycles. The standard InChI is InChI=1S/C12H24S/c1-12(2,3)13-10-9-11-7-5-4-6-8-11/h11H,4-10H2,1-3H3. The topological polar surface area (TPSA) is 0 Å². The second kappa shape index (κ2) is 5.29. The van der Waals surface area contributed by atoms with Crippen LogP contribution in [0.4, 0.5) is 0 Å². The fourth-order valence-electron chi connectivity index (χ4n) is 2.01. The van der Waals surface area contributed by atoms with Crippen molar-refractivity contribution in [2.75, 3.05) is 5.75 Å². The van der Waals surface area contributed by atoms with Crippen molar-refractivity contribution >= 4 is 11.8 Å². The van der Waals surface area contributed by atoms with E-state index in [4.69, 9.17) is 0 Å². The van der Waals surface area contributed by atoms with Crippen LogP contribution in [0, 0.1) is 5.92 Å². The Bertz CT molecular complexity index is 129. The largest absolute Gasteiger partial charge is 0.156 e. The Labute approximate surface area is 87.9 Å². The van der Waals surface area contributed by atoms with Crippen molar-refractivity contribution in [3.8, 4) is 0 Å². The Kier molecular flexibility index (Phi) is 4.64. The van der Waals surface area contributed by atoms with E-state index in [1.807, 2.05) is 0 Å². The molecule has 13 heavy (non-hydrogen) atoms. The fraction of sp³-hybridized carbons (Fsp3) is 1.00. The molecular weight excluding hydrogens is 176 g/mol. The van der Waals surface area contributed by atoms with Crippen molar-refractivity contribution in [2.24, 2.45) is 5.92 Å². The van der Waals surface area contributed by atoms with Crippen LogP contribution in [-0.4, -0.2) is 10.5 Å². The van der Waals surface area contributed by atoms with Gasteiger partial charge in [0.1, 0.15) is 0 Å². The molecule has 78 valence electrons. The molecule has 1 aliphatic rings. The van der Waals surface area contributed by atoms with Gasteiger partial charge in [-0.2, -0.15) is 11.8 Å². The van der Waals surface area contributed by atoms with Gasteiger partial charge in [0.05, 0.1) is 0 Å². The van der Waals surface area contributed by atoms with Crippen molar-refractivity contribution in [3.63, 3.8) is 0 Å². The lowest BCUT2D eigenvalue weighted by molar-refractivity contribution is 0.351. The van der Waals surface area contributed by atoms with Gasteiger partial charge in [-0.25, -0.2) is 0 Å². The summed E-state index contributed by atoms with van der Waals surface area (Å²) in [5.41, 5.74) is 0. The highest BCUT2D eigenvalue weighted by atomic mass is 32.2. The summed E-state index contributed by atoms with van der Waals surface area (Å²) in [7, 11) is 0. The fourth-order valence-corrected chi connectivity index (χ4v) is 3.07. The predicted molar refractivity (Wildman–Crippen MR) is 63.4 cm³/mol. The highest BCUT2D eigenvalue weighted by Gasteiger charge is 2.15. The lowest BCUT2D eigenvalue weighted by Crippen LogP contribution is -2.12. The van der Waals surface area contributed by atoms with Crippen LogP contribution in [0.3, 0.4) is 0 Å². The first kappa shape index (κ1) is 11.4. The molecule has 0 aromatic heterocycles. The molecular formula is C12H24S. The van der Waals surface area contributed by atoms with Crippen molar-refractivity contribution in [3.05, 3.63) is 0 Å². The van der Waals surface area contributed by atoms with Gasteiger partial charge in [-0.3, -0.25) is 0 Å². The molecule has 1 fully saturated rings. The Morgan fingerprint density at radius 2 is 1.69 bits per heavy atom. The molecule has 0 unspecified atom stereocenters. The average Bonchev–Trinajstić information content (AvgIpc) is 2.04. The Hall–Kier alpha value is 0.350. The molecule has 0 amide bonds. The average molecular weight is 200 g/mol. The zero-order valence-corrected chi connectivity index (χ0v) is 10.3. The summed E-state index contributed by atoms with van der Waals surface area (Å²) in [6.45, 7) is 6.95. The first-order chi connectivity index (χ1) is 6.08. The zero-order valence-electron chi connectivity index (χ0n) is 9.44. The molecule has 0 atom stereocenters. The van der Waals surface area contributed by atoms with Crippen LogP contribution < -0.4 is 0 Å². The summed E-state index contributed by atoms with van der Waals surface area (Å²) in [6, 6.07) is 0. The molecule has 0 nitrogen and oxygen atoms in total. The first-order valence-corrected chi connectivity index (χ1v) is 6.70. The zero-order chi connectivity index (χ0) is 9.73. The van der Waals surface area contributed by atoms with Crippen molar-refractivity contribution < 1.29 is 0 Å². The Balaban J connectivity index is 2.04. The lowest BCUT2D eigenvalue weighted by atomic mass is 9.88. The van der Waals surface area contributed by atoms with Crippen LogP contribution in [0.5, 0.6) is 0 Å². The van der Waals surface area contributed by atoms with Crippen LogP contribution in [0.2, 0.25) is 0 Å². The summed E-state index contributed by atoms with van der Waals surface area (Å²) >= 11 is 2.13. The molecule has 1 aliphatic carbocycles. The maximum atomic E-state index is 2.32. The summed E-state index contributed by atoms with van der Waals surface area (Å²) in [5.74, 6) is 2.43. The van der Waals surface area contributed by atoms with E-state index in [1.54, 1.807) is 0 Å². The molecule has 0 N–H and O–H groups in total. The summed E-state index contributed by atoms with van der Waals surface area (Å²) < 4.78 is 0.467. The highest BCUT2D eigenvalue weighted by Crippen LogP contribution is 2.30. The van der Waals surface area contributed by atoms with Crippen LogP contribution in [0.25, 0.3) is 0 Å². The van der Waals surface area contributed by atoms with Gasteiger partial charge in [-0.05, 0) is 18.1 Å². The van der Waals surface area contributed by atoms with Crippen molar-refractivity contribution in [1.82, 2.24) is 0 Å². The van der Waals surface area contributed by atoms with Crippen LogP contribution in [0.1, 0.15) is 59.3 Å². The minimum Gasteiger partial charge on any atom is -0.156 e. The monoisotopic (exact) mass is 200 g/mol. The molecule has 1 heteroatoms. The van der Waals surface area contributed by atoms with E-state index >= 15 is 0 Å². The second-order valence-electron chi connectivity index (χ2n) is 5.25. The highest BCUT2D eigenvalue weighted by molar-refractivity contribution is 8.00. The third-order valence-electron chi connectivity index (χ3n) is 2.79. The van der Waals surface area contributed by atoms with Gasteiger partial charge in [-0.15, -0.1) is 0 Å². The predicted octanol–water partition coefficient (Wildman–Crippen LogP) is 4.49. The molecule has 0 aromatic rings. The van der Waals surface area contributed by atoms with Gasteiger partial charge in [0.2, 0.25) is 0 Å². The van der Waals surface area contributed by atoms with E-state index in [0.717, 1.165) is 5.92 Å². The number of hydrogen-bond donors (Lipinski definition) is 0. The van der Waals surface area contributed by atoms with Crippen LogP contribution >= 0.6 is 11.8 Å². The molecule has 0 aromatic carbocycles. The van der Waals surface area contributed by atoms with E-state index in [-0.39, 0.29) is 0 Å².